The molecule has 5 heteroatoms. The second-order valence-electron chi connectivity index (χ2n) is 3.15. The van der Waals surface area contributed by atoms with Crippen LogP contribution in [0.15, 0.2) is 22.6 Å². The van der Waals surface area contributed by atoms with Crippen molar-refractivity contribution in [2.45, 2.75) is 6.42 Å². The van der Waals surface area contributed by atoms with E-state index in [4.69, 9.17) is 21.1 Å². The number of phenolic OH excluding ortho intramolecular Hbond substituents is 1. The molecule has 0 aliphatic heterocycles. The average molecular weight is 227 g/mol. The van der Waals surface area contributed by atoms with Crippen molar-refractivity contribution in [3.8, 4) is 5.75 Å². The number of benzene rings is 1. The van der Waals surface area contributed by atoms with E-state index < -0.39 is 5.97 Å². The highest BCUT2D eigenvalue weighted by molar-refractivity contribution is 6.29. The van der Waals surface area contributed by atoms with Crippen molar-refractivity contribution in [3.63, 3.8) is 0 Å². The van der Waals surface area contributed by atoms with Crippen molar-refractivity contribution in [2.24, 2.45) is 0 Å². The molecule has 1 aromatic heterocycles. The Kier molecular flexibility index (Phi) is 2.28. The first-order valence-electron chi connectivity index (χ1n) is 4.19. The van der Waals surface area contributed by atoms with E-state index in [2.05, 4.69) is 0 Å². The summed E-state index contributed by atoms with van der Waals surface area (Å²) in [5, 5.41) is 18.8. The number of furan rings is 1. The molecule has 0 saturated carbocycles. The molecule has 1 heterocycles. The molecule has 78 valence electrons. The van der Waals surface area contributed by atoms with Gasteiger partial charge >= 0.3 is 5.97 Å². The Morgan fingerprint density at radius 1 is 1.40 bits per heavy atom. The summed E-state index contributed by atoms with van der Waals surface area (Å²) in [7, 11) is 0. The van der Waals surface area contributed by atoms with E-state index in [0.717, 1.165) is 0 Å². The highest BCUT2D eigenvalue weighted by Crippen LogP contribution is 2.31. The molecule has 0 amide bonds. The Balaban J connectivity index is 2.56. The van der Waals surface area contributed by atoms with Gasteiger partial charge in [0.2, 0.25) is 0 Å². The summed E-state index contributed by atoms with van der Waals surface area (Å²) in [6, 6.07) is 4.42. The van der Waals surface area contributed by atoms with Gasteiger partial charge in [-0.05, 0) is 29.3 Å². The third-order valence-electron chi connectivity index (χ3n) is 2.00. The van der Waals surface area contributed by atoms with Crippen LogP contribution in [0.1, 0.15) is 5.56 Å². The SMILES string of the molecule is O=C(O)Cc1cc(O)c2cc(Cl)oc2c1. The minimum atomic E-state index is -0.966. The van der Waals surface area contributed by atoms with Crippen LogP contribution in [0.5, 0.6) is 5.75 Å². The van der Waals surface area contributed by atoms with E-state index in [1.54, 1.807) is 6.07 Å². The summed E-state index contributed by atoms with van der Waals surface area (Å²) in [6.07, 6.45) is -0.165. The fourth-order valence-electron chi connectivity index (χ4n) is 1.42. The summed E-state index contributed by atoms with van der Waals surface area (Å²) < 4.78 is 5.08. The molecule has 0 fully saturated rings. The van der Waals surface area contributed by atoms with Gasteiger partial charge in [-0.1, -0.05) is 0 Å². The third-order valence-corrected chi connectivity index (χ3v) is 2.19. The molecule has 0 aliphatic rings. The molecular formula is C10H7ClO4. The first kappa shape index (κ1) is 9.86. The van der Waals surface area contributed by atoms with E-state index in [1.165, 1.54) is 12.1 Å². The maximum Gasteiger partial charge on any atom is 0.307 e. The van der Waals surface area contributed by atoms with Crippen molar-refractivity contribution in [1.29, 1.82) is 0 Å². The molecule has 0 saturated heterocycles. The quantitative estimate of drug-likeness (QED) is 0.825. The molecule has 0 spiro atoms. The summed E-state index contributed by atoms with van der Waals surface area (Å²) >= 11 is 5.62. The van der Waals surface area contributed by atoms with Gasteiger partial charge in [-0.25, -0.2) is 0 Å². The Morgan fingerprint density at radius 2 is 2.13 bits per heavy atom. The second-order valence-corrected chi connectivity index (χ2v) is 3.52. The summed E-state index contributed by atoms with van der Waals surface area (Å²) in [5.74, 6) is -0.995. The lowest BCUT2D eigenvalue weighted by Gasteiger charge is -1.99. The largest absolute Gasteiger partial charge is 0.507 e. The number of carbonyl (C=O) groups is 1. The number of aliphatic carboxylic acids is 1. The van der Waals surface area contributed by atoms with Crippen LogP contribution < -0.4 is 0 Å². The standard InChI is InChI=1S/C10H7ClO4/c11-9-4-6-7(12)1-5(3-10(13)14)2-8(6)15-9/h1-2,4,12H,3H2,(H,13,14). The van der Waals surface area contributed by atoms with Crippen LogP contribution in [0, 0.1) is 0 Å². The fraction of sp³-hybridized carbons (Fsp3) is 0.100. The van der Waals surface area contributed by atoms with E-state index in [-0.39, 0.29) is 17.4 Å². The van der Waals surface area contributed by atoms with E-state index in [9.17, 15) is 9.90 Å². The van der Waals surface area contributed by atoms with Gasteiger partial charge in [0, 0.05) is 6.07 Å². The maximum atomic E-state index is 10.5. The Morgan fingerprint density at radius 3 is 2.80 bits per heavy atom. The van der Waals surface area contributed by atoms with Crippen LogP contribution in [0.4, 0.5) is 0 Å². The van der Waals surface area contributed by atoms with E-state index >= 15 is 0 Å². The Labute approximate surface area is 89.7 Å². The molecule has 4 nitrogen and oxygen atoms in total. The molecule has 0 bridgehead atoms. The van der Waals surface area contributed by atoms with Crippen LogP contribution in [-0.2, 0) is 11.2 Å². The molecule has 2 rings (SSSR count). The predicted molar refractivity (Wildman–Crippen MR) is 54.2 cm³/mol. The number of rotatable bonds is 2. The molecule has 0 atom stereocenters. The maximum absolute atomic E-state index is 10.5. The normalized spacial score (nSPS) is 10.7. The van der Waals surface area contributed by atoms with Crippen molar-refractivity contribution in [2.75, 3.05) is 0 Å². The van der Waals surface area contributed by atoms with Crippen LogP contribution in [0.2, 0.25) is 5.22 Å². The summed E-state index contributed by atoms with van der Waals surface area (Å²) in [6.45, 7) is 0. The minimum absolute atomic E-state index is 0.0283. The van der Waals surface area contributed by atoms with Crippen molar-refractivity contribution in [3.05, 3.63) is 29.0 Å². The molecule has 0 aliphatic carbocycles. The summed E-state index contributed by atoms with van der Waals surface area (Å²) in [5.41, 5.74) is 0.856. The Bertz CT molecular complexity index is 529. The van der Waals surface area contributed by atoms with Gasteiger partial charge in [-0.3, -0.25) is 4.79 Å². The predicted octanol–water partition coefficient (Wildman–Crippen LogP) is 2.42. The van der Waals surface area contributed by atoms with E-state index in [1.807, 2.05) is 0 Å². The number of carboxylic acid groups (broad SMARTS) is 1. The summed E-state index contributed by atoms with van der Waals surface area (Å²) in [4.78, 5) is 10.5. The average Bonchev–Trinajstić information content (AvgIpc) is 2.44. The van der Waals surface area contributed by atoms with Crippen LogP contribution >= 0.6 is 11.6 Å². The number of fused-ring (bicyclic) bond motifs is 1. The van der Waals surface area contributed by atoms with Crippen molar-refractivity contribution >= 4 is 28.5 Å². The van der Waals surface area contributed by atoms with Gasteiger partial charge in [0.25, 0.3) is 0 Å². The molecule has 1 aromatic carbocycles. The molecule has 2 aromatic rings. The van der Waals surface area contributed by atoms with Crippen LogP contribution in [0.3, 0.4) is 0 Å². The number of hydrogen-bond acceptors (Lipinski definition) is 3. The fourth-order valence-corrected chi connectivity index (χ4v) is 1.61. The molecule has 15 heavy (non-hydrogen) atoms. The van der Waals surface area contributed by atoms with Gasteiger partial charge < -0.3 is 14.6 Å². The number of halogens is 1. The third kappa shape index (κ3) is 1.89. The number of hydrogen-bond donors (Lipinski definition) is 2. The van der Waals surface area contributed by atoms with Gasteiger partial charge in [-0.2, -0.15) is 0 Å². The molecule has 0 radical (unpaired) electrons. The van der Waals surface area contributed by atoms with Gasteiger partial charge in [0.15, 0.2) is 5.22 Å². The minimum Gasteiger partial charge on any atom is -0.507 e. The monoisotopic (exact) mass is 226 g/mol. The lowest BCUT2D eigenvalue weighted by Crippen LogP contribution is -1.99. The van der Waals surface area contributed by atoms with Gasteiger partial charge in [0.05, 0.1) is 11.8 Å². The number of phenols is 1. The van der Waals surface area contributed by atoms with Gasteiger partial charge in [-0.15, -0.1) is 0 Å². The smallest absolute Gasteiger partial charge is 0.307 e. The zero-order valence-electron chi connectivity index (χ0n) is 7.53. The highest BCUT2D eigenvalue weighted by Gasteiger charge is 2.10. The Hall–Kier alpha value is -1.68. The molecule has 2 N–H and O–H groups in total. The van der Waals surface area contributed by atoms with Crippen LogP contribution in [0.25, 0.3) is 11.0 Å². The first-order valence-corrected chi connectivity index (χ1v) is 4.57. The van der Waals surface area contributed by atoms with Gasteiger partial charge in [0.1, 0.15) is 11.3 Å². The zero-order valence-corrected chi connectivity index (χ0v) is 8.28. The zero-order chi connectivity index (χ0) is 11.0. The lowest BCUT2D eigenvalue weighted by atomic mass is 10.1. The number of aromatic hydroxyl groups is 1. The molecular weight excluding hydrogens is 220 g/mol. The first-order chi connectivity index (χ1) is 7.06. The van der Waals surface area contributed by atoms with Crippen LogP contribution in [-0.4, -0.2) is 16.2 Å². The second kappa shape index (κ2) is 3.47. The van der Waals surface area contributed by atoms with Crippen molar-refractivity contribution < 1.29 is 19.4 Å². The number of carboxylic acids is 1. The topological polar surface area (TPSA) is 70.7 Å². The lowest BCUT2D eigenvalue weighted by molar-refractivity contribution is -0.136. The van der Waals surface area contributed by atoms with E-state index in [0.29, 0.717) is 16.5 Å². The highest BCUT2D eigenvalue weighted by atomic mass is 35.5. The molecule has 0 unspecified atom stereocenters. The van der Waals surface area contributed by atoms with Crippen molar-refractivity contribution in [1.82, 2.24) is 0 Å².